The molecule has 1 saturated heterocycles. The summed E-state index contributed by atoms with van der Waals surface area (Å²) in [4.78, 5) is 13.1. The first-order valence-corrected chi connectivity index (χ1v) is 6.91. The summed E-state index contributed by atoms with van der Waals surface area (Å²) in [5, 5.41) is 13.6. The maximum absolute atomic E-state index is 11.2. The fraction of sp³-hybridized carbons (Fsp3) is 0.500. The smallest absolute Gasteiger partial charge is 0.219 e. The van der Waals surface area contributed by atoms with Crippen LogP contribution in [-0.4, -0.2) is 35.0 Å². The van der Waals surface area contributed by atoms with E-state index in [0.717, 1.165) is 31.5 Å². The topological polar surface area (TPSA) is 52.6 Å². The third-order valence-electron chi connectivity index (χ3n) is 3.59. The van der Waals surface area contributed by atoms with E-state index in [1.165, 1.54) is 0 Å². The van der Waals surface area contributed by atoms with E-state index in [1.807, 2.05) is 17.0 Å². The predicted molar refractivity (Wildman–Crippen MR) is 75.2 cm³/mol. The molecule has 0 aromatic heterocycles. The van der Waals surface area contributed by atoms with Crippen molar-refractivity contribution in [2.45, 2.75) is 32.4 Å². The van der Waals surface area contributed by atoms with Crippen LogP contribution >= 0.6 is 11.6 Å². The van der Waals surface area contributed by atoms with Crippen LogP contribution in [0.15, 0.2) is 18.2 Å². The molecular formula is C14H19ClN2O2. The molecular weight excluding hydrogens is 264 g/mol. The first-order valence-electron chi connectivity index (χ1n) is 6.53. The van der Waals surface area contributed by atoms with Gasteiger partial charge in [-0.15, -0.1) is 0 Å². The van der Waals surface area contributed by atoms with Crippen molar-refractivity contribution in [1.29, 1.82) is 0 Å². The molecule has 4 nitrogen and oxygen atoms in total. The molecule has 1 aromatic rings. The van der Waals surface area contributed by atoms with Gasteiger partial charge in [-0.1, -0.05) is 23.7 Å². The molecule has 2 N–H and O–H groups in total. The van der Waals surface area contributed by atoms with Crippen molar-refractivity contribution in [3.8, 4) is 5.75 Å². The van der Waals surface area contributed by atoms with Gasteiger partial charge in [0.1, 0.15) is 5.75 Å². The predicted octanol–water partition coefficient (Wildman–Crippen LogP) is 2.15. The number of aromatic hydroxyl groups is 1. The summed E-state index contributed by atoms with van der Waals surface area (Å²) in [7, 11) is 0. The second-order valence-corrected chi connectivity index (χ2v) is 5.32. The monoisotopic (exact) mass is 282 g/mol. The summed E-state index contributed by atoms with van der Waals surface area (Å²) in [5.41, 5.74) is 0.807. The highest BCUT2D eigenvalue weighted by Gasteiger charge is 2.20. The minimum atomic E-state index is 0.144. The van der Waals surface area contributed by atoms with Crippen molar-refractivity contribution in [2.75, 3.05) is 13.1 Å². The van der Waals surface area contributed by atoms with Crippen LogP contribution in [0.25, 0.3) is 0 Å². The minimum absolute atomic E-state index is 0.144. The molecule has 1 aliphatic heterocycles. The quantitative estimate of drug-likeness (QED) is 0.893. The number of para-hydroxylation sites is 1. The third-order valence-corrected chi connectivity index (χ3v) is 3.90. The second kappa shape index (κ2) is 6.26. The van der Waals surface area contributed by atoms with Gasteiger partial charge in [-0.25, -0.2) is 0 Å². The number of benzene rings is 1. The summed E-state index contributed by atoms with van der Waals surface area (Å²) in [6, 6.07) is 5.75. The SMILES string of the molecule is CC(=O)N1CCC(NCc2cccc(Cl)c2O)CC1. The number of hydrogen-bond acceptors (Lipinski definition) is 3. The maximum Gasteiger partial charge on any atom is 0.219 e. The van der Waals surface area contributed by atoms with Crippen LogP contribution < -0.4 is 5.32 Å². The van der Waals surface area contributed by atoms with Crippen LogP contribution in [0.4, 0.5) is 0 Å². The van der Waals surface area contributed by atoms with Gasteiger partial charge >= 0.3 is 0 Å². The van der Waals surface area contributed by atoms with E-state index in [4.69, 9.17) is 11.6 Å². The number of carbonyl (C=O) groups excluding carboxylic acids is 1. The largest absolute Gasteiger partial charge is 0.506 e. The summed E-state index contributed by atoms with van der Waals surface area (Å²) in [6.45, 7) is 3.80. The van der Waals surface area contributed by atoms with Crippen molar-refractivity contribution in [3.05, 3.63) is 28.8 Å². The molecule has 0 unspecified atom stereocenters. The van der Waals surface area contributed by atoms with E-state index in [0.29, 0.717) is 17.6 Å². The summed E-state index contributed by atoms with van der Waals surface area (Å²) in [5.74, 6) is 0.295. The highest BCUT2D eigenvalue weighted by atomic mass is 35.5. The lowest BCUT2D eigenvalue weighted by Gasteiger charge is -2.31. The third kappa shape index (κ3) is 3.61. The van der Waals surface area contributed by atoms with Gasteiger partial charge < -0.3 is 15.3 Å². The van der Waals surface area contributed by atoms with Gasteiger partial charge in [0.25, 0.3) is 0 Å². The number of halogens is 1. The fourth-order valence-corrected chi connectivity index (χ4v) is 2.55. The van der Waals surface area contributed by atoms with Crippen LogP contribution in [0.5, 0.6) is 5.75 Å². The Bertz CT molecular complexity index is 457. The number of phenols is 1. The van der Waals surface area contributed by atoms with Gasteiger partial charge in [0.05, 0.1) is 5.02 Å². The molecule has 1 aromatic carbocycles. The fourth-order valence-electron chi connectivity index (χ4n) is 2.36. The Morgan fingerprint density at radius 1 is 1.47 bits per heavy atom. The maximum atomic E-state index is 11.2. The molecule has 0 saturated carbocycles. The lowest BCUT2D eigenvalue weighted by atomic mass is 10.0. The Balaban J connectivity index is 1.84. The Morgan fingerprint density at radius 3 is 2.79 bits per heavy atom. The first kappa shape index (κ1) is 14.2. The first-order chi connectivity index (χ1) is 9.08. The van der Waals surface area contributed by atoms with Crippen molar-refractivity contribution in [1.82, 2.24) is 10.2 Å². The number of amides is 1. The molecule has 1 amide bonds. The summed E-state index contributed by atoms with van der Waals surface area (Å²) in [6.07, 6.45) is 1.89. The van der Waals surface area contributed by atoms with Gasteiger partial charge in [0.2, 0.25) is 5.91 Å². The van der Waals surface area contributed by atoms with Crippen molar-refractivity contribution < 1.29 is 9.90 Å². The molecule has 5 heteroatoms. The number of nitrogens with one attached hydrogen (secondary N) is 1. The Labute approximate surface area is 118 Å². The highest BCUT2D eigenvalue weighted by molar-refractivity contribution is 6.32. The van der Waals surface area contributed by atoms with Crippen LogP contribution in [0, 0.1) is 0 Å². The van der Waals surface area contributed by atoms with E-state index < -0.39 is 0 Å². The molecule has 1 aliphatic rings. The number of piperidine rings is 1. The van der Waals surface area contributed by atoms with E-state index >= 15 is 0 Å². The van der Waals surface area contributed by atoms with Crippen LogP contribution in [0.3, 0.4) is 0 Å². The number of hydrogen-bond donors (Lipinski definition) is 2. The van der Waals surface area contributed by atoms with Crippen molar-refractivity contribution in [2.24, 2.45) is 0 Å². The van der Waals surface area contributed by atoms with E-state index in [9.17, 15) is 9.90 Å². The highest BCUT2D eigenvalue weighted by Crippen LogP contribution is 2.27. The van der Waals surface area contributed by atoms with Crippen LogP contribution in [0.2, 0.25) is 5.02 Å². The van der Waals surface area contributed by atoms with Crippen LogP contribution in [0.1, 0.15) is 25.3 Å². The minimum Gasteiger partial charge on any atom is -0.506 e. The molecule has 2 rings (SSSR count). The normalized spacial score (nSPS) is 16.6. The average Bonchev–Trinajstić information content (AvgIpc) is 2.41. The molecule has 1 fully saturated rings. The number of carbonyl (C=O) groups is 1. The summed E-state index contributed by atoms with van der Waals surface area (Å²) < 4.78 is 0. The van der Waals surface area contributed by atoms with E-state index in [1.54, 1.807) is 13.0 Å². The zero-order chi connectivity index (χ0) is 13.8. The Kier molecular flexibility index (Phi) is 4.66. The molecule has 0 bridgehead atoms. The Morgan fingerprint density at radius 2 is 2.16 bits per heavy atom. The lowest BCUT2D eigenvalue weighted by Crippen LogP contribution is -2.43. The van der Waals surface area contributed by atoms with Crippen LogP contribution in [-0.2, 0) is 11.3 Å². The standard InChI is InChI=1S/C14H19ClN2O2/c1-10(18)17-7-5-12(6-8-17)16-9-11-3-2-4-13(15)14(11)19/h2-4,12,16,19H,5-9H2,1H3. The van der Waals surface area contributed by atoms with Crippen molar-refractivity contribution >= 4 is 17.5 Å². The van der Waals surface area contributed by atoms with Gasteiger partial charge in [-0.2, -0.15) is 0 Å². The van der Waals surface area contributed by atoms with E-state index in [-0.39, 0.29) is 11.7 Å². The molecule has 0 atom stereocenters. The number of phenolic OH excluding ortho intramolecular Hbond substituents is 1. The van der Waals surface area contributed by atoms with E-state index in [2.05, 4.69) is 5.32 Å². The van der Waals surface area contributed by atoms with Gasteiger partial charge in [0.15, 0.2) is 0 Å². The average molecular weight is 283 g/mol. The number of likely N-dealkylation sites (tertiary alicyclic amines) is 1. The number of nitrogens with zero attached hydrogens (tertiary/aromatic N) is 1. The van der Waals surface area contributed by atoms with Gasteiger partial charge in [-0.3, -0.25) is 4.79 Å². The molecule has 104 valence electrons. The molecule has 1 heterocycles. The zero-order valence-electron chi connectivity index (χ0n) is 11.0. The Hall–Kier alpha value is -1.26. The molecule has 19 heavy (non-hydrogen) atoms. The zero-order valence-corrected chi connectivity index (χ0v) is 11.8. The second-order valence-electron chi connectivity index (χ2n) is 4.91. The van der Waals surface area contributed by atoms with Gasteiger partial charge in [0, 0.05) is 38.2 Å². The van der Waals surface area contributed by atoms with Gasteiger partial charge in [-0.05, 0) is 18.9 Å². The molecule has 0 aliphatic carbocycles. The lowest BCUT2D eigenvalue weighted by molar-refractivity contribution is -0.129. The number of rotatable bonds is 3. The summed E-state index contributed by atoms with van der Waals surface area (Å²) >= 11 is 5.87. The van der Waals surface area contributed by atoms with Crippen molar-refractivity contribution in [3.63, 3.8) is 0 Å². The molecule has 0 spiro atoms. The molecule has 0 radical (unpaired) electrons.